The van der Waals surface area contributed by atoms with Crippen molar-refractivity contribution >= 4 is 0 Å². The highest BCUT2D eigenvalue weighted by Crippen LogP contribution is 2.32. The quantitative estimate of drug-likeness (QED) is 0.654. The summed E-state index contributed by atoms with van der Waals surface area (Å²) in [6.07, 6.45) is 4.06. The Morgan fingerprint density at radius 1 is 1.07 bits per heavy atom. The summed E-state index contributed by atoms with van der Waals surface area (Å²) in [5.41, 5.74) is 0. The van der Waals surface area contributed by atoms with Gasteiger partial charge in [0.1, 0.15) is 0 Å². The molecule has 0 aromatic carbocycles. The molecule has 1 saturated heterocycles. The van der Waals surface area contributed by atoms with Gasteiger partial charge < -0.3 is 4.74 Å². The van der Waals surface area contributed by atoms with Gasteiger partial charge in [0.2, 0.25) is 0 Å². The Hall–Kier alpha value is -0.0400. The Morgan fingerprint density at radius 3 is 2.00 bits per heavy atom. The van der Waals surface area contributed by atoms with Crippen molar-refractivity contribution in [1.82, 2.24) is 0 Å². The summed E-state index contributed by atoms with van der Waals surface area (Å²) < 4.78 is 5.50. The molecule has 0 saturated carbocycles. The van der Waals surface area contributed by atoms with Crippen LogP contribution in [0.15, 0.2) is 0 Å². The van der Waals surface area contributed by atoms with Gasteiger partial charge in [0, 0.05) is 13.2 Å². The molecule has 1 atom stereocenters. The lowest BCUT2D eigenvalue weighted by molar-refractivity contribution is 0.158. The Balaban J connectivity index is 2.42. The molecule has 0 N–H and O–H groups in total. The highest BCUT2D eigenvalue weighted by molar-refractivity contribution is 4.75. The molecular weight excluding hydrogens is 172 g/mol. The molecular formula is C13H26O. The van der Waals surface area contributed by atoms with Crippen LogP contribution in [0.1, 0.15) is 47.0 Å². The molecule has 0 spiro atoms. The van der Waals surface area contributed by atoms with E-state index < -0.39 is 0 Å². The summed E-state index contributed by atoms with van der Waals surface area (Å²) >= 11 is 0. The summed E-state index contributed by atoms with van der Waals surface area (Å²) in [5.74, 6) is 3.41. The molecule has 1 aliphatic heterocycles. The first-order valence-electron chi connectivity index (χ1n) is 6.17. The molecule has 0 aromatic heterocycles. The van der Waals surface area contributed by atoms with Gasteiger partial charge in [-0.25, -0.2) is 0 Å². The zero-order chi connectivity index (χ0) is 10.6. The lowest BCUT2D eigenvalue weighted by atomic mass is 9.80. The van der Waals surface area contributed by atoms with E-state index in [1.165, 1.54) is 19.3 Å². The van der Waals surface area contributed by atoms with Crippen molar-refractivity contribution in [2.24, 2.45) is 23.7 Å². The Morgan fingerprint density at radius 2 is 1.64 bits per heavy atom. The third-order valence-electron chi connectivity index (χ3n) is 3.18. The standard InChI is InChI=1S/C13H26O/c1-10(2)7-13(8-11(3)4)12-5-6-14-9-12/h10-13H,5-9H2,1-4H3. The maximum atomic E-state index is 5.50. The topological polar surface area (TPSA) is 9.23 Å². The van der Waals surface area contributed by atoms with E-state index in [4.69, 9.17) is 4.74 Å². The van der Waals surface area contributed by atoms with E-state index in [1.807, 2.05) is 0 Å². The average Bonchev–Trinajstić information content (AvgIpc) is 2.52. The van der Waals surface area contributed by atoms with Crippen LogP contribution >= 0.6 is 0 Å². The first-order chi connectivity index (χ1) is 6.59. The van der Waals surface area contributed by atoms with Crippen LogP contribution in [-0.2, 0) is 4.74 Å². The molecule has 0 aliphatic carbocycles. The number of ether oxygens (including phenoxy) is 1. The predicted octanol–water partition coefficient (Wildman–Crippen LogP) is 3.73. The highest BCUT2D eigenvalue weighted by atomic mass is 16.5. The SMILES string of the molecule is CC(C)CC(CC(C)C)C1CCOC1. The van der Waals surface area contributed by atoms with E-state index >= 15 is 0 Å². The van der Waals surface area contributed by atoms with E-state index in [1.54, 1.807) is 0 Å². The minimum Gasteiger partial charge on any atom is -0.381 e. The fraction of sp³-hybridized carbons (Fsp3) is 1.00. The van der Waals surface area contributed by atoms with Crippen molar-refractivity contribution in [3.8, 4) is 0 Å². The van der Waals surface area contributed by atoms with Crippen LogP contribution in [0.3, 0.4) is 0 Å². The van der Waals surface area contributed by atoms with Crippen LogP contribution < -0.4 is 0 Å². The molecule has 1 heterocycles. The number of rotatable bonds is 5. The van der Waals surface area contributed by atoms with E-state index in [0.29, 0.717) is 0 Å². The molecule has 1 nitrogen and oxygen atoms in total. The van der Waals surface area contributed by atoms with Crippen molar-refractivity contribution in [3.05, 3.63) is 0 Å². The van der Waals surface area contributed by atoms with Gasteiger partial charge in [-0.3, -0.25) is 0 Å². The minimum atomic E-state index is 0.833. The Labute approximate surface area is 89.2 Å². The summed E-state index contributed by atoms with van der Waals surface area (Å²) in [7, 11) is 0. The van der Waals surface area contributed by atoms with E-state index in [0.717, 1.165) is 36.9 Å². The third-order valence-corrected chi connectivity index (χ3v) is 3.18. The smallest absolute Gasteiger partial charge is 0.0497 e. The van der Waals surface area contributed by atoms with Crippen molar-refractivity contribution in [1.29, 1.82) is 0 Å². The monoisotopic (exact) mass is 198 g/mol. The van der Waals surface area contributed by atoms with Gasteiger partial charge in [-0.2, -0.15) is 0 Å². The van der Waals surface area contributed by atoms with Crippen LogP contribution in [0.25, 0.3) is 0 Å². The second-order valence-corrected chi connectivity index (χ2v) is 5.64. The summed E-state index contributed by atoms with van der Waals surface area (Å²) in [4.78, 5) is 0. The van der Waals surface area contributed by atoms with Gasteiger partial charge in [0.25, 0.3) is 0 Å². The van der Waals surface area contributed by atoms with Crippen LogP contribution in [0.4, 0.5) is 0 Å². The molecule has 14 heavy (non-hydrogen) atoms. The zero-order valence-electron chi connectivity index (χ0n) is 10.3. The van der Waals surface area contributed by atoms with Gasteiger partial charge in [-0.15, -0.1) is 0 Å². The average molecular weight is 198 g/mol. The van der Waals surface area contributed by atoms with Gasteiger partial charge in [-0.1, -0.05) is 27.7 Å². The molecule has 1 heteroatoms. The molecule has 0 amide bonds. The molecule has 1 fully saturated rings. The van der Waals surface area contributed by atoms with Crippen molar-refractivity contribution in [2.75, 3.05) is 13.2 Å². The molecule has 1 unspecified atom stereocenters. The molecule has 1 rings (SSSR count). The van der Waals surface area contributed by atoms with Crippen molar-refractivity contribution in [2.45, 2.75) is 47.0 Å². The van der Waals surface area contributed by atoms with Gasteiger partial charge >= 0.3 is 0 Å². The van der Waals surface area contributed by atoms with Gasteiger partial charge in [-0.05, 0) is 42.9 Å². The number of hydrogen-bond acceptors (Lipinski definition) is 1. The van der Waals surface area contributed by atoms with Crippen LogP contribution in [0.5, 0.6) is 0 Å². The van der Waals surface area contributed by atoms with Crippen LogP contribution in [-0.4, -0.2) is 13.2 Å². The zero-order valence-corrected chi connectivity index (χ0v) is 10.3. The summed E-state index contributed by atoms with van der Waals surface area (Å²) in [6.45, 7) is 11.4. The number of hydrogen-bond donors (Lipinski definition) is 0. The van der Waals surface area contributed by atoms with E-state index in [-0.39, 0.29) is 0 Å². The summed E-state index contributed by atoms with van der Waals surface area (Å²) in [6, 6.07) is 0. The van der Waals surface area contributed by atoms with E-state index in [9.17, 15) is 0 Å². The normalized spacial score (nSPS) is 22.9. The molecule has 1 aliphatic rings. The molecule has 0 radical (unpaired) electrons. The van der Waals surface area contributed by atoms with Gasteiger partial charge in [0.15, 0.2) is 0 Å². The highest BCUT2D eigenvalue weighted by Gasteiger charge is 2.26. The largest absolute Gasteiger partial charge is 0.381 e. The maximum absolute atomic E-state index is 5.50. The predicted molar refractivity (Wildman–Crippen MR) is 61.3 cm³/mol. The first-order valence-corrected chi connectivity index (χ1v) is 6.17. The maximum Gasteiger partial charge on any atom is 0.0497 e. The Kier molecular flexibility index (Phi) is 4.94. The fourth-order valence-corrected chi connectivity index (χ4v) is 2.62. The summed E-state index contributed by atoms with van der Waals surface area (Å²) in [5, 5.41) is 0. The second-order valence-electron chi connectivity index (χ2n) is 5.64. The second kappa shape index (κ2) is 5.75. The van der Waals surface area contributed by atoms with Crippen molar-refractivity contribution in [3.63, 3.8) is 0 Å². The fourth-order valence-electron chi connectivity index (χ4n) is 2.62. The lowest BCUT2D eigenvalue weighted by Gasteiger charge is -2.25. The first kappa shape index (κ1) is 12.0. The lowest BCUT2D eigenvalue weighted by Crippen LogP contribution is -2.19. The Bertz CT molecular complexity index is 135. The minimum absolute atomic E-state index is 0.833. The van der Waals surface area contributed by atoms with Gasteiger partial charge in [0.05, 0.1) is 0 Å². The molecule has 0 aromatic rings. The molecule has 0 bridgehead atoms. The van der Waals surface area contributed by atoms with E-state index in [2.05, 4.69) is 27.7 Å². The van der Waals surface area contributed by atoms with Crippen LogP contribution in [0, 0.1) is 23.7 Å². The van der Waals surface area contributed by atoms with Crippen molar-refractivity contribution < 1.29 is 4.74 Å². The van der Waals surface area contributed by atoms with Crippen LogP contribution in [0.2, 0.25) is 0 Å². The molecule has 84 valence electrons. The third kappa shape index (κ3) is 4.00.